The number of urea groups is 1. The van der Waals surface area contributed by atoms with Gasteiger partial charge >= 0.3 is 6.03 Å². The fourth-order valence-corrected chi connectivity index (χ4v) is 3.79. The van der Waals surface area contributed by atoms with Crippen LogP contribution in [0.4, 0.5) is 4.79 Å². The van der Waals surface area contributed by atoms with Crippen LogP contribution in [0.25, 0.3) is 10.9 Å². The summed E-state index contributed by atoms with van der Waals surface area (Å²) in [6, 6.07) is 26.2. The van der Waals surface area contributed by atoms with E-state index >= 15 is 0 Å². The average Bonchev–Trinajstić information content (AvgIpc) is 2.84. The van der Waals surface area contributed by atoms with Crippen molar-refractivity contribution in [1.82, 2.24) is 19.8 Å². The number of fused-ring (bicyclic) bond motifs is 1. The number of amides is 2. The van der Waals surface area contributed by atoms with Gasteiger partial charge < -0.3 is 10.2 Å². The van der Waals surface area contributed by atoms with E-state index in [1.165, 1.54) is 4.57 Å². The predicted molar refractivity (Wildman–Crippen MR) is 126 cm³/mol. The van der Waals surface area contributed by atoms with Crippen molar-refractivity contribution in [1.29, 1.82) is 0 Å². The lowest BCUT2D eigenvalue weighted by Crippen LogP contribution is -2.42. The molecule has 0 bridgehead atoms. The van der Waals surface area contributed by atoms with Crippen LogP contribution >= 0.6 is 0 Å². The van der Waals surface area contributed by atoms with E-state index in [9.17, 15) is 9.59 Å². The summed E-state index contributed by atoms with van der Waals surface area (Å²) in [5, 5.41) is 3.58. The molecule has 2 amide bonds. The minimum absolute atomic E-state index is 0.123. The molecule has 1 N–H and O–H groups in total. The van der Waals surface area contributed by atoms with Crippen molar-refractivity contribution in [2.45, 2.75) is 26.1 Å². The molecule has 32 heavy (non-hydrogen) atoms. The summed E-state index contributed by atoms with van der Waals surface area (Å²) in [6.07, 6.45) is 0. The molecule has 0 saturated carbocycles. The summed E-state index contributed by atoms with van der Waals surface area (Å²) in [5.74, 6) is 0.541. The zero-order valence-electron chi connectivity index (χ0n) is 18.2. The zero-order valence-corrected chi connectivity index (χ0v) is 18.2. The van der Waals surface area contributed by atoms with E-state index in [4.69, 9.17) is 4.98 Å². The minimum atomic E-state index is -0.423. The molecule has 0 radical (unpaired) electrons. The lowest BCUT2D eigenvalue weighted by Gasteiger charge is -2.30. The van der Waals surface area contributed by atoms with Crippen molar-refractivity contribution < 1.29 is 4.79 Å². The van der Waals surface area contributed by atoms with Gasteiger partial charge in [0.25, 0.3) is 5.56 Å². The molecule has 1 atom stereocenters. The van der Waals surface area contributed by atoms with E-state index in [-0.39, 0.29) is 11.6 Å². The molecule has 4 aromatic rings. The Morgan fingerprint density at radius 1 is 0.938 bits per heavy atom. The number of benzene rings is 3. The highest BCUT2D eigenvalue weighted by Gasteiger charge is 2.25. The van der Waals surface area contributed by atoms with Crippen LogP contribution in [-0.2, 0) is 20.1 Å². The molecule has 6 nitrogen and oxygen atoms in total. The van der Waals surface area contributed by atoms with Crippen LogP contribution in [-0.4, -0.2) is 20.5 Å². The highest BCUT2D eigenvalue weighted by molar-refractivity contribution is 5.78. The monoisotopic (exact) mass is 426 g/mol. The minimum Gasteiger partial charge on any atom is -0.334 e. The zero-order chi connectivity index (χ0) is 22.5. The van der Waals surface area contributed by atoms with Crippen molar-refractivity contribution in [3.8, 4) is 0 Å². The Morgan fingerprint density at radius 3 is 2.22 bits per heavy atom. The number of hydrogen-bond donors (Lipinski definition) is 1. The van der Waals surface area contributed by atoms with E-state index < -0.39 is 6.04 Å². The molecule has 4 rings (SSSR count). The number of para-hydroxylation sites is 1. The van der Waals surface area contributed by atoms with Crippen LogP contribution in [0.15, 0.2) is 89.7 Å². The fraction of sp³-hybridized carbons (Fsp3) is 0.192. The number of carbonyl (C=O) groups is 1. The summed E-state index contributed by atoms with van der Waals surface area (Å²) in [4.78, 5) is 32.7. The van der Waals surface area contributed by atoms with Crippen LogP contribution in [0.2, 0.25) is 0 Å². The number of nitrogens with one attached hydrogen (secondary N) is 1. The molecular formula is C26H26N4O2. The Kier molecular flexibility index (Phi) is 6.31. The van der Waals surface area contributed by atoms with Crippen molar-refractivity contribution in [2.24, 2.45) is 7.05 Å². The highest BCUT2D eigenvalue weighted by atomic mass is 16.2. The van der Waals surface area contributed by atoms with Crippen LogP contribution in [0, 0.1) is 0 Å². The second-order valence-electron chi connectivity index (χ2n) is 7.79. The van der Waals surface area contributed by atoms with Gasteiger partial charge in [0.05, 0.1) is 16.9 Å². The van der Waals surface area contributed by atoms with Gasteiger partial charge in [-0.1, -0.05) is 72.8 Å². The van der Waals surface area contributed by atoms with Gasteiger partial charge in [-0.3, -0.25) is 9.36 Å². The molecule has 0 fully saturated rings. The Balaban J connectivity index is 1.67. The molecule has 0 saturated heterocycles. The smallest absolute Gasteiger partial charge is 0.318 e. The number of nitrogens with zero attached hydrogens (tertiary/aromatic N) is 3. The summed E-state index contributed by atoms with van der Waals surface area (Å²) in [5.41, 5.74) is 2.52. The SMILES string of the molecule is CC(c1nc2ccccc2c(=O)n1C)N(Cc1ccccc1)C(=O)NCc1ccccc1. The number of rotatable bonds is 6. The van der Waals surface area contributed by atoms with Gasteiger partial charge in [-0.25, -0.2) is 9.78 Å². The Labute approximate surface area is 187 Å². The van der Waals surface area contributed by atoms with Crippen molar-refractivity contribution in [2.75, 3.05) is 0 Å². The largest absolute Gasteiger partial charge is 0.334 e. The third kappa shape index (κ3) is 4.54. The van der Waals surface area contributed by atoms with Crippen molar-refractivity contribution in [3.63, 3.8) is 0 Å². The van der Waals surface area contributed by atoms with Crippen LogP contribution < -0.4 is 10.9 Å². The number of carbonyl (C=O) groups excluding carboxylic acids is 1. The Hall–Kier alpha value is -3.93. The van der Waals surface area contributed by atoms with Gasteiger partial charge in [-0.15, -0.1) is 0 Å². The predicted octanol–water partition coefficient (Wildman–Crippen LogP) is 4.41. The first-order chi connectivity index (χ1) is 15.5. The molecule has 1 unspecified atom stereocenters. The summed E-state index contributed by atoms with van der Waals surface area (Å²) in [7, 11) is 1.70. The Bertz CT molecular complexity index is 1270. The molecule has 0 spiro atoms. The topological polar surface area (TPSA) is 67.2 Å². The first kappa shape index (κ1) is 21.3. The lowest BCUT2D eigenvalue weighted by molar-refractivity contribution is 0.170. The second-order valence-corrected chi connectivity index (χ2v) is 7.79. The quantitative estimate of drug-likeness (QED) is 0.497. The van der Waals surface area contributed by atoms with Crippen LogP contribution in [0.1, 0.15) is 29.9 Å². The summed E-state index contributed by atoms with van der Waals surface area (Å²) < 4.78 is 1.54. The van der Waals surface area contributed by atoms with Crippen LogP contribution in [0.5, 0.6) is 0 Å². The van der Waals surface area contributed by atoms with Gasteiger partial charge in [0.2, 0.25) is 0 Å². The highest BCUT2D eigenvalue weighted by Crippen LogP contribution is 2.22. The first-order valence-electron chi connectivity index (χ1n) is 10.6. The molecule has 1 heterocycles. The third-order valence-corrected chi connectivity index (χ3v) is 5.60. The average molecular weight is 427 g/mol. The van der Waals surface area contributed by atoms with E-state index in [0.717, 1.165) is 11.1 Å². The third-order valence-electron chi connectivity index (χ3n) is 5.60. The van der Waals surface area contributed by atoms with Gasteiger partial charge in [-0.2, -0.15) is 0 Å². The van der Waals surface area contributed by atoms with Gasteiger partial charge in [0.15, 0.2) is 0 Å². The lowest BCUT2D eigenvalue weighted by atomic mass is 10.1. The summed E-state index contributed by atoms with van der Waals surface area (Å²) >= 11 is 0. The number of hydrogen-bond acceptors (Lipinski definition) is 3. The van der Waals surface area contributed by atoms with E-state index in [1.807, 2.05) is 85.8 Å². The molecular weight excluding hydrogens is 400 g/mol. The molecule has 162 valence electrons. The van der Waals surface area contributed by atoms with Gasteiger partial charge in [0.1, 0.15) is 5.82 Å². The number of aromatic nitrogens is 2. The summed E-state index contributed by atoms with van der Waals surface area (Å²) in [6.45, 7) is 2.72. The molecule has 0 aliphatic carbocycles. The van der Waals surface area contributed by atoms with E-state index in [0.29, 0.717) is 29.8 Å². The molecule has 0 aliphatic heterocycles. The first-order valence-corrected chi connectivity index (χ1v) is 10.6. The second kappa shape index (κ2) is 9.47. The van der Waals surface area contributed by atoms with E-state index in [2.05, 4.69) is 5.32 Å². The molecule has 0 aliphatic rings. The van der Waals surface area contributed by atoms with Crippen molar-refractivity contribution >= 4 is 16.9 Å². The maximum absolute atomic E-state index is 13.3. The Morgan fingerprint density at radius 2 is 1.53 bits per heavy atom. The normalized spacial score (nSPS) is 11.8. The molecule has 6 heteroatoms. The fourth-order valence-electron chi connectivity index (χ4n) is 3.79. The van der Waals surface area contributed by atoms with Crippen LogP contribution in [0.3, 0.4) is 0 Å². The van der Waals surface area contributed by atoms with Gasteiger partial charge in [-0.05, 0) is 30.2 Å². The molecule has 3 aromatic carbocycles. The maximum Gasteiger partial charge on any atom is 0.318 e. The maximum atomic E-state index is 13.3. The standard InChI is InChI=1S/C26H26N4O2/c1-19(24-28-23-16-10-9-15-22(23)25(31)29(24)2)30(18-21-13-7-4-8-14-21)26(32)27-17-20-11-5-3-6-12-20/h3-16,19H,17-18H2,1-2H3,(H,27,32). The van der Waals surface area contributed by atoms with Gasteiger partial charge in [0, 0.05) is 20.1 Å². The van der Waals surface area contributed by atoms with E-state index in [1.54, 1.807) is 18.0 Å². The van der Waals surface area contributed by atoms with Crippen molar-refractivity contribution in [3.05, 3.63) is 112 Å². The molecule has 1 aromatic heterocycles.